The van der Waals surface area contributed by atoms with Crippen molar-refractivity contribution in [2.24, 2.45) is 5.10 Å². The number of nitrogens with one attached hydrogen (secondary N) is 1. The van der Waals surface area contributed by atoms with Gasteiger partial charge in [0.2, 0.25) is 0 Å². The summed E-state index contributed by atoms with van der Waals surface area (Å²) in [5.41, 5.74) is 2.99. The molecule has 6 nitrogen and oxygen atoms in total. The molecule has 0 radical (unpaired) electrons. The number of amides is 1. The minimum absolute atomic E-state index is 0.121. The van der Waals surface area contributed by atoms with Gasteiger partial charge in [-0.15, -0.1) is 0 Å². The predicted octanol–water partition coefficient (Wildman–Crippen LogP) is 2.83. The molecule has 23 heavy (non-hydrogen) atoms. The average Bonchev–Trinajstić information content (AvgIpc) is 2.56. The smallest absolute Gasteiger partial charge is 0.275 e. The Morgan fingerprint density at radius 1 is 1.22 bits per heavy atom. The lowest BCUT2D eigenvalue weighted by Crippen LogP contribution is -2.17. The van der Waals surface area contributed by atoms with E-state index in [1.54, 1.807) is 24.3 Å². The van der Waals surface area contributed by atoms with Crippen molar-refractivity contribution in [2.75, 3.05) is 14.2 Å². The van der Waals surface area contributed by atoms with E-state index in [1.807, 2.05) is 0 Å². The first-order valence-corrected chi connectivity index (χ1v) is 6.98. The minimum Gasteiger partial charge on any atom is -0.507 e. The fraction of sp³-hybridized carbons (Fsp3) is 0.125. The van der Waals surface area contributed by atoms with Gasteiger partial charge in [-0.3, -0.25) is 4.79 Å². The summed E-state index contributed by atoms with van der Waals surface area (Å²) >= 11 is 6.20. The van der Waals surface area contributed by atoms with Crippen LogP contribution in [0.25, 0.3) is 0 Å². The van der Waals surface area contributed by atoms with Crippen molar-refractivity contribution in [3.05, 3.63) is 52.5 Å². The zero-order valence-corrected chi connectivity index (χ0v) is 13.3. The molecule has 0 fully saturated rings. The van der Waals surface area contributed by atoms with E-state index in [0.29, 0.717) is 22.1 Å². The number of nitrogens with zero attached hydrogens (tertiary/aromatic N) is 1. The number of hydrogen-bond acceptors (Lipinski definition) is 5. The van der Waals surface area contributed by atoms with Gasteiger partial charge in [-0.2, -0.15) is 5.10 Å². The maximum atomic E-state index is 11.9. The Bertz CT molecular complexity index is 747. The van der Waals surface area contributed by atoms with Gasteiger partial charge in [0.05, 0.1) is 31.0 Å². The first-order valence-electron chi connectivity index (χ1n) is 6.60. The van der Waals surface area contributed by atoms with E-state index in [1.165, 1.54) is 32.6 Å². The number of methoxy groups -OCH3 is 2. The molecule has 7 heteroatoms. The van der Waals surface area contributed by atoms with Crippen LogP contribution in [0, 0.1) is 0 Å². The van der Waals surface area contributed by atoms with Crippen LogP contribution in [-0.2, 0) is 0 Å². The fourth-order valence-electron chi connectivity index (χ4n) is 1.89. The molecule has 0 spiro atoms. The monoisotopic (exact) mass is 334 g/mol. The highest BCUT2D eigenvalue weighted by atomic mass is 35.5. The molecule has 0 aliphatic heterocycles. The summed E-state index contributed by atoms with van der Waals surface area (Å²) in [7, 11) is 2.99. The molecule has 2 aromatic carbocycles. The van der Waals surface area contributed by atoms with Crippen LogP contribution in [0.2, 0.25) is 5.02 Å². The number of halogens is 1. The number of carbonyl (C=O) groups excluding carboxylic acids is 1. The molecule has 2 aromatic rings. The molecule has 0 aliphatic carbocycles. The van der Waals surface area contributed by atoms with Crippen LogP contribution in [0.3, 0.4) is 0 Å². The minimum atomic E-state index is -0.532. The van der Waals surface area contributed by atoms with Crippen LogP contribution in [0.4, 0.5) is 0 Å². The molecule has 0 saturated carbocycles. The van der Waals surface area contributed by atoms with E-state index in [0.717, 1.165) is 0 Å². The Morgan fingerprint density at radius 3 is 2.61 bits per heavy atom. The number of rotatable bonds is 5. The summed E-state index contributed by atoms with van der Waals surface area (Å²) in [5.74, 6) is 0.221. The summed E-state index contributed by atoms with van der Waals surface area (Å²) in [4.78, 5) is 11.9. The van der Waals surface area contributed by atoms with Crippen LogP contribution in [0.15, 0.2) is 41.5 Å². The highest BCUT2D eigenvalue weighted by Gasteiger charge is 2.12. The van der Waals surface area contributed by atoms with Crippen molar-refractivity contribution in [1.29, 1.82) is 0 Å². The van der Waals surface area contributed by atoms with E-state index in [-0.39, 0.29) is 11.3 Å². The first-order chi connectivity index (χ1) is 11.1. The van der Waals surface area contributed by atoms with E-state index < -0.39 is 5.91 Å². The number of hydrazone groups is 1. The molecule has 2 N–H and O–H groups in total. The number of ether oxygens (including phenoxy) is 2. The Labute approximate surface area is 138 Å². The third kappa shape index (κ3) is 3.73. The van der Waals surface area contributed by atoms with Gasteiger partial charge < -0.3 is 14.6 Å². The van der Waals surface area contributed by atoms with Gasteiger partial charge in [0.15, 0.2) is 11.5 Å². The summed E-state index contributed by atoms with van der Waals surface area (Å²) in [5, 5.41) is 13.7. The van der Waals surface area contributed by atoms with Crippen molar-refractivity contribution in [3.8, 4) is 17.2 Å². The van der Waals surface area contributed by atoms with Gasteiger partial charge in [0.25, 0.3) is 5.91 Å². The van der Waals surface area contributed by atoms with Crippen LogP contribution in [0.1, 0.15) is 15.9 Å². The van der Waals surface area contributed by atoms with E-state index in [2.05, 4.69) is 10.5 Å². The van der Waals surface area contributed by atoms with Gasteiger partial charge in [0, 0.05) is 5.56 Å². The summed E-state index contributed by atoms with van der Waals surface area (Å²) in [6.07, 6.45) is 1.38. The van der Waals surface area contributed by atoms with E-state index in [9.17, 15) is 9.90 Å². The van der Waals surface area contributed by atoms with Crippen molar-refractivity contribution in [3.63, 3.8) is 0 Å². The van der Waals surface area contributed by atoms with Crippen LogP contribution in [-0.4, -0.2) is 31.4 Å². The van der Waals surface area contributed by atoms with Gasteiger partial charge in [-0.25, -0.2) is 5.43 Å². The lowest BCUT2D eigenvalue weighted by Gasteiger charge is -2.10. The molecule has 2 rings (SSSR count). The van der Waals surface area contributed by atoms with Crippen molar-refractivity contribution < 1.29 is 19.4 Å². The first kappa shape index (κ1) is 16.6. The third-order valence-electron chi connectivity index (χ3n) is 3.03. The number of phenols is 1. The normalized spacial score (nSPS) is 10.6. The van der Waals surface area contributed by atoms with Crippen LogP contribution in [0.5, 0.6) is 17.2 Å². The van der Waals surface area contributed by atoms with Crippen molar-refractivity contribution >= 4 is 23.7 Å². The van der Waals surface area contributed by atoms with Crippen molar-refractivity contribution in [1.82, 2.24) is 5.43 Å². The van der Waals surface area contributed by atoms with Gasteiger partial charge >= 0.3 is 0 Å². The number of para-hydroxylation sites is 1. The SMILES string of the molecule is COc1ccc(/C=N\NC(=O)c2ccccc2O)c(Cl)c1OC. The largest absolute Gasteiger partial charge is 0.507 e. The zero-order valence-electron chi connectivity index (χ0n) is 12.5. The van der Waals surface area contributed by atoms with E-state index in [4.69, 9.17) is 21.1 Å². The maximum absolute atomic E-state index is 11.9. The molecule has 0 bridgehead atoms. The Kier molecular flexibility index (Phi) is 5.43. The molecule has 0 saturated heterocycles. The summed E-state index contributed by atoms with van der Waals surface area (Å²) in [6.45, 7) is 0. The predicted molar refractivity (Wildman–Crippen MR) is 87.7 cm³/mol. The quantitative estimate of drug-likeness (QED) is 0.651. The van der Waals surface area contributed by atoms with Gasteiger partial charge in [-0.05, 0) is 24.3 Å². The molecule has 0 atom stereocenters. The molecule has 0 heterocycles. The molecule has 0 unspecified atom stereocenters. The van der Waals surface area contributed by atoms with E-state index >= 15 is 0 Å². The molecular weight excluding hydrogens is 320 g/mol. The number of hydrogen-bond donors (Lipinski definition) is 2. The average molecular weight is 335 g/mol. The van der Waals surface area contributed by atoms with Crippen LogP contribution < -0.4 is 14.9 Å². The summed E-state index contributed by atoms with van der Waals surface area (Å²) in [6, 6.07) is 9.53. The number of carbonyl (C=O) groups is 1. The van der Waals surface area contributed by atoms with Crippen molar-refractivity contribution in [2.45, 2.75) is 0 Å². The Hall–Kier alpha value is -2.73. The fourth-order valence-corrected chi connectivity index (χ4v) is 2.17. The molecule has 0 aliphatic rings. The standard InChI is InChI=1S/C16H15ClN2O4/c1-22-13-8-7-10(14(17)15(13)23-2)9-18-19-16(21)11-5-3-4-6-12(11)20/h3-9,20H,1-2H3,(H,19,21)/b18-9-. The van der Waals surface area contributed by atoms with Gasteiger partial charge in [0.1, 0.15) is 5.75 Å². The number of phenolic OH excluding ortho intramolecular Hbond substituents is 1. The highest BCUT2D eigenvalue weighted by Crippen LogP contribution is 2.36. The Balaban J connectivity index is 2.15. The lowest BCUT2D eigenvalue weighted by molar-refractivity contribution is 0.0952. The highest BCUT2D eigenvalue weighted by molar-refractivity contribution is 6.34. The third-order valence-corrected chi connectivity index (χ3v) is 3.42. The topological polar surface area (TPSA) is 80.2 Å². The zero-order chi connectivity index (χ0) is 16.8. The molecule has 0 aromatic heterocycles. The van der Waals surface area contributed by atoms with Gasteiger partial charge in [-0.1, -0.05) is 23.7 Å². The second-order valence-corrected chi connectivity index (χ2v) is 4.80. The molecule has 1 amide bonds. The molecular formula is C16H15ClN2O4. The maximum Gasteiger partial charge on any atom is 0.275 e. The second-order valence-electron chi connectivity index (χ2n) is 4.42. The number of aromatic hydroxyl groups is 1. The number of benzene rings is 2. The Morgan fingerprint density at radius 2 is 1.96 bits per heavy atom. The summed E-state index contributed by atoms with van der Waals surface area (Å²) < 4.78 is 10.3. The lowest BCUT2D eigenvalue weighted by atomic mass is 10.2. The van der Waals surface area contributed by atoms with Crippen LogP contribution >= 0.6 is 11.6 Å². The second kappa shape index (κ2) is 7.51. The molecule has 120 valence electrons.